The number of hydrogen-bond acceptors (Lipinski definition) is 7. The number of carbonyl (C=O) groups excluding carboxylic acids is 1. The predicted molar refractivity (Wildman–Crippen MR) is 173 cm³/mol. The Balaban J connectivity index is 1.31. The van der Waals surface area contributed by atoms with Gasteiger partial charge in [-0.05, 0) is 53.1 Å². The maximum absolute atomic E-state index is 13.3. The summed E-state index contributed by atoms with van der Waals surface area (Å²) in [4.78, 5) is 25.1. The third-order valence-corrected chi connectivity index (χ3v) is 8.36. The van der Waals surface area contributed by atoms with Crippen molar-refractivity contribution >= 4 is 35.1 Å². The smallest absolute Gasteiger partial charge is 0.387 e. The molecule has 0 spiro atoms. The van der Waals surface area contributed by atoms with Gasteiger partial charge in [-0.3, -0.25) is 14.9 Å². The van der Waals surface area contributed by atoms with E-state index >= 15 is 0 Å². The topological polar surface area (TPSA) is 121 Å². The molecule has 1 fully saturated rings. The van der Waals surface area contributed by atoms with Crippen LogP contribution in [0.1, 0.15) is 52.8 Å². The van der Waals surface area contributed by atoms with Gasteiger partial charge in [-0.1, -0.05) is 83.9 Å². The average molecular weight is 702 g/mol. The highest BCUT2D eigenvalue weighted by Gasteiger charge is 2.26. The Bertz CT molecular complexity index is 1700. The summed E-state index contributed by atoms with van der Waals surface area (Å²) in [7, 11) is 0. The largest absolute Gasteiger partial charge is 0.619 e. The van der Waals surface area contributed by atoms with E-state index in [1.807, 2.05) is 6.07 Å². The summed E-state index contributed by atoms with van der Waals surface area (Å²) in [6.45, 7) is -2.47. The fourth-order valence-corrected chi connectivity index (χ4v) is 5.62. The second-order valence-corrected chi connectivity index (χ2v) is 12.2. The molecule has 9 nitrogen and oxygen atoms in total. The van der Waals surface area contributed by atoms with Crippen molar-refractivity contribution in [2.24, 2.45) is 5.92 Å². The second-order valence-electron chi connectivity index (χ2n) is 11.4. The van der Waals surface area contributed by atoms with Gasteiger partial charge in [0.25, 0.3) is 0 Å². The van der Waals surface area contributed by atoms with Crippen molar-refractivity contribution in [1.82, 2.24) is 5.32 Å². The van der Waals surface area contributed by atoms with E-state index in [1.165, 1.54) is 18.2 Å². The number of ether oxygens (including phenoxy) is 3. The number of benzene rings is 3. The van der Waals surface area contributed by atoms with Gasteiger partial charge >= 0.3 is 18.6 Å². The summed E-state index contributed by atoms with van der Waals surface area (Å²) >= 11 is 12.7. The molecule has 2 atom stereocenters. The zero-order valence-electron chi connectivity index (χ0n) is 25.5. The molecule has 0 saturated heterocycles. The second kappa shape index (κ2) is 16.1. The monoisotopic (exact) mass is 700 g/mol. The highest BCUT2D eigenvalue weighted by molar-refractivity contribution is 6.35. The van der Waals surface area contributed by atoms with Gasteiger partial charge in [0.2, 0.25) is 0 Å². The van der Waals surface area contributed by atoms with Crippen LogP contribution in [-0.2, 0) is 33.7 Å². The van der Waals surface area contributed by atoms with Crippen LogP contribution in [0, 0.1) is 11.1 Å². The van der Waals surface area contributed by atoms with Crippen LogP contribution in [0.2, 0.25) is 10.0 Å². The first-order valence-corrected chi connectivity index (χ1v) is 15.9. The highest BCUT2D eigenvalue weighted by Crippen LogP contribution is 2.38. The molecule has 5 rings (SSSR count). The number of nitrogens with zero attached hydrogens (tertiary/aromatic N) is 1. The molecule has 4 aromatic rings. The molecule has 0 radical (unpaired) electrons. The molecule has 1 heterocycles. The number of hydrogen-bond donors (Lipinski definition) is 2. The first-order valence-electron chi connectivity index (χ1n) is 15.1. The standard InChI is InChI=1S/C35H32Cl2F2N2O7/c36-27-18-41(45)19-28(37)26(27)16-30(25-12-13-29(48-35(38)39)31(15-25)46-20-23-10-11-23)47-32(42)14-21-6-8-22(9-7-21)17-40-33(34(43)44)24-4-2-1-3-5-24/h1-9,12-13,15,18-19,23,30,33,35,40H,10-11,14,16-17,20H2,(H,43,44)/t30-,33?/m0/s1. The van der Waals surface area contributed by atoms with E-state index in [1.54, 1.807) is 48.5 Å². The van der Waals surface area contributed by atoms with Gasteiger partial charge < -0.3 is 24.5 Å². The molecule has 1 aliphatic rings. The predicted octanol–water partition coefficient (Wildman–Crippen LogP) is 7.00. The minimum Gasteiger partial charge on any atom is -0.619 e. The molecular weight excluding hydrogens is 669 g/mol. The van der Waals surface area contributed by atoms with Crippen LogP contribution in [0.25, 0.3) is 0 Å². The van der Waals surface area contributed by atoms with Gasteiger partial charge in [0.05, 0.1) is 13.0 Å². The van der Waals surface area contributed by atoms with Gasteiger partial charge in [0.15, 0.2) is 23.9 Å². The molecule has 3 aromatic carbocycles. The normalized spacial score (nSPS) is 13.9. The Hall–Kier alpha value is -4.45. The van der Waals surface area contributed by atoms with E-state index in [9.17, 15) is 28.7 Å². The Morgan fingerprint density at radius 1 is 0.938 bits per heavy atom. The van der Waals surface area contributed by atoms with Crippen LogP contribution in [-0.4, -0.2) is 30.3 Å². The lowest BCUT2D eigenvalue weighted by Crippen LogP contribution is -2.28. The van der Waals surface area contributed by atoms with Crippen LogP contribution in [0.4, 0.5) is 8.78 Å². The van der Waals surface area contributed by atoms with E-state index in [0.717, 1.165) is 30.8 Å². The number of rotatable bonds is 16. The van der Waals surface area contributed by atoms with Crippen molar-refractivity contribution < 1.29 is 42.4 Å². The van der Waals surface area contributed by atoms with Crippen molar-refractivity contribution in [3.05, 3.63) is 128 Å². The molecule has 1 saturated carbocycles. The fourth-order valence-electron chi connectivity index (χ4n) is 5.02. The lowest BCUT2D eigenvalue weighted by atomic mass is 10.0. The zero-order valence-corrected chi connectivity index (χ0v) is 27.0. The number of carbonyl (C=O) groups is 2. The number of halogens is 4. The van der Waals surface area contributed by atoms with Gasteiger partial charge in [-0.15, -0.1) is 0 Å². The molecule has 1 aliphatic carbocycles. The number of esters is 1. The minimum atomic E-state index is -3.07. The van der Waals surface area contributed by atoms with E-state index in [2.05, 4.69) is 10.1 Å². The number of nitrogens with one attached hydrogen (secondary N) is 1. The number of carboxylic acids is 1. The summed E-state index contributed by atoms with van der Waals surface area (Å²) in [5, 5.41) is 24.7. The van der Waals surface area contributed by atoms with Gasteiger partial charge in [0, 0.05) is 18.5 Å². The maximum Gasteiger partial charge on any atom is 0.387 e. The molecule has 48 heavy (non-hydrogen) atoms. The average Bonchev–Trinajstić information content (AvgIpc) is 3.87. The van der Waals surface area contributed by atoms with Crippen molar-refractivity contribution in [1.29, 1.82) is 0 Å². The zero-order chi connectivity index (χ0) is 34.2. The maximum atomic E-state index is 13.3. The summed E-state index contributed by atoms with van der Waals surface area (Å²) in [5.74, 6) is -1.36. The third kappa shape index (κ3) is 9.79. The quantitative estimate of drug-likeness (QED) is 0.0728. The first-order chi connectivity index (χ1) is 23.0. The SMILES string of the molecule is O=C(Cc1ccc(CNC(C(=O)O)c2ccccc2)cc1)O[C@@H](Cc1c(Cl)c[n+]([O-])cc1Cl)c1ccc(OC(F)F)c(OCC2CC2)c1. The van der Waals surface area contributed by atoms with Gasteiger partial charge in [-0.25, -0.2) is 0 Å². The Morgan fingerprint density at radius 2 is 1.60 bits per heavy atom. The van der Waals surface area contributed by atoms with E-state index in [4.69, 9.17) is 32.7 Å². The summed E-state index contributed by atoms with van der Waals surface area (Å²) < 4.78 is 43.1. The number of pyridine rings is 1. The Morgan fingerprint density at radius 3 is 2.23 bits per heavy atom. The van der Waals surface area contributed by atoms with E-state index < -0.39 is 30.7 Å². The molecule has 1 aromatic heterocycles. The van der Waals surface area contributed by atoms with E-state index in [-0.39, 0.29) is 40.9 Å². The number of aliphatic carboxylic acids is 1. The Kier molecular flexibility index (Phi) is 11.7. The summed E-state index contributed by atoms with van der Waals surface area (Å²) in [6, 6.07) is 19.3. The Labute approximate surface area is 285 Å². The summed E-state index contributed by atoms with van der Waals surface area (Å²) in [5.41, 5.74) is 2.83. The summed E-state index contributed by atoms with van der Waals surface area (Å²) in [6.07, 6.45) is 3.07. The molecular formula is C35H32Cl2F2N2O7. The molecule has 13 heteroatoms. The third-order valence-electron chi connectivity index (χ3n) is 7.71. The molecule has 2 N–H and O–H groups in total. The van der Waals surface area contributed by atoms with Crippen molar-refractivity contribution in [3.63, 3.8) is 0 Å². The minimum absolute atomic E-state index is 0.0296. The molecule has 0 bridgehead atoms. The fraction of sp³-hybridized carbons (Fsp3) is 0.286. The molecule has 1 unspecified atom stereocenters. The number of aromatic nitrogens is 1. The van der Waals surface area contributed by atoms with Crippen LogP contribution in [0.5, 0.6) is 11.5 Å². The van der Waals surface area contributed by atoms with Crippen LogP contribution >= 0.6 is 23.2 Å². The van der Waals surface area contributed by atoms with Gasteiger partial charge in [0.1, 0.15) is 22.2 Å². The van der Waals surface area contributed by atoms with Crippen molar-refractivity contribution in [2.45, 2.75) is 51.0 Å². The van der Waals surface area contributed by atoms with Crippen LogP contribution < -0.4 is 19.5 Å². The van der Waals surface area contributed by atoms with E-state index in [0.29, 0.717) is 39.5 Å². The molecule has 0 aliphatic heterocycles. The van der Waals surface area contributed by atoms with Gasteiger partial charge in [-0.2, -0.15) is 13.5 Å². The lowest BCUT2D eigenvalue weighted by molar-refractivity contribution is -0.605. The van der Waals surface area contributed by atoms with Crippen LogP contribution in [0.15, 0.2) is 85.2 Å². The molecule has 0 amide bonds. The van der Waals surface area contributed by atoms with Crippen molar-refractivity contribution in [2.75, 3.05) is 6.61 Å². The van der Waals surface area contributed by atoms with Crippen LogP contribution in [0.3, 0.4) is 0 Å². The lowest BCUT2D eigenvalue weighted by Gasteiger charge is -2.21. The van der Waals surface area contributed by atoms with Crippen molar-refractivity contribution in [3.8, 4) is 11.5 Å². The first kappa shape index (κ1) is 34.9. The number of alkyl halides is 2. The highest BCUT2D eigenvalue weighted by atomic mass is 35.5. The number of carboxylic acid groups (broad SMARTS) is 1. The molecule has 252 valence electrons.